The van der Waals surface area contributed by atoms with Gasteiger partial charge in [-0.1, -0.05) is 12.1 Å². The number of benzene rings is 1. The highest BCUT2D eigenvalue weighted by molar-refractivity contribution is 5.99. The maximum absolute atomic E-state index is 12.5. The van der Waals surface area contributed by atoms with E-state index in [1.54, 1.807) is 12.4 Å². The second-order valence-corrected chi connectivity index (χ2v) is 7.78. The third-order valence-corrected chi connectivity index (χ3v) is 4.79. The van der Waals surface area contributed by atoms with Gasteiger partial charge >= 0.3 is 6.09 Å². The lowest BCUT2D eigenvalue weighted by Crippen LogP contribution is -2.26. The number of carbonyl (C=O) groups excluding carboxylic acids is 1. The van der Waals surface area contributed by atoms with E-state index in [0.29, 0.717) is 5.65 Å². The molecule has 5 nitrogen and oxygen atoms in total. The van der Waals surface area contributed by atoms with Crippen LogP contribution in [-0.4, -0.2) is 21.2 Å². The molecule has 1 aliphatic carbocycles. The van der Waals surface area contributed by atoms with Crippen LogP contribution in [0.3, 0.4) is 0 Å². The molecule has 5 heteroatoms. The van der Waals surface area contributed by atoms with Gasteiger partial charge in [-0.2, -0.15) is 0 Å². The smallest absolute Gasteiger partial charge is 0.420 e. The number of ether oxygens (including phenoxy) is 1. The molecule has 0 atom stereocenters. The zero-order valence-electron chi connectivity index (χ0n) is 15.4. The van der Waals surface area contributed by atoms with E-state index in [4.69, 9.17) is 10.5 Å². The van der Waals surface area contributed by atoms with E-state index in [0.717, 1.165) is 41.5 Å². The lowest BCUT2D eigenvalue weighted by molar-refractivity contribution is 0.0543. The Labute approximate surface area is 152 Å². The molecule has 0 unspecified atom stereocenters. The van der Waals surface area contributed by atoms with Crippen LogP contribution in [0.25, 0.3) is 22.2 Å². The van der Waals surface area contributed by atoms with Crippen LogP contribution in [0.5, 0.6) is 0 Å². The molecule has 4 rings (SSSR count). The summed E-state index contributed by atoms with van der Waals surface area (Å²) in [5.74, 6) is 0. The molecule has 0 aliphatic heterocycles. The normalized spacial score (nSPS) is 13.8. The van der Waals surface area contributed by atoms with Crippen LogP contribution in [0.4, 0.5) is 10.5 Å². The average Bonchev–Trinajstić information content (AvgIpc) is 3.20. The van der Waals surface area contributed by atoms with Gasteiger partial charge < -0.3 is 10.5 Å². The monoisotopic (exact) mass is 349 g/mol. The van der Waals surface area contributed by atoms with Crippen LogP contribution in [0.1, 0.15) is 38.3 Å². The van der Waals surface area contributed by atoms with E-state index in [9.17, 15) is 4.79 Å². The highest BCUT2D eigenvalue weighted by Gasteiger charge is 2.22. The minimum absolute atomic E-state index is 0.431. The van der Waals surface area contributed by atoms with Crippen molar-refractivity contribution in [2.24, 2.45) is 0 Å². The summed E-state index contributed by atoms with van der Waals surface area (Å²) in [5.41, 5.74) is 12.0. The summed E-state index contributed by atoms with van der Waals surface area (Å²) in [6.45, 7) is 5.54. The van der Waals surface area contributed by atoms with E-state index in [1.165, 1.54) is 15.7 Å². The largest absolute Gasteiger partial charge is 0.443 e. The first-order chi connectivity index (χ1) is 12.3. The Morgan fingerprint density at radius 1 is 1.15 bits per heavy atom. The third-order valence-electron chi connectivity index (χ3n) is 4.79. The van der Waals surface area contributed by atoms with Crippen molar-refractivity contribution < 1.29 is 9.53 Å². The van der Waals surface area contributed by atoms with Crippen LogP contribution >= 0.6 is 0 Å². The number of pyridine rings is 1. The number of aryl methyl sites for hydroxylation is 1. The summed E-state index contributed by atoms with van der Waals surface area (Å²) in [4.78, 5) is 16.9. The predicted molar refractivity (Wildman–Crippen MR) is 103 cm³/mol. The topological polar surface area (TPSA) is 70.1 Å². The van der Waals surface area contributed by atoms with Gasteiger partial charge in [-0.15, -0.1) is 0 Å². The predicted octanol–water partition coefficient (Wildman–Crippen LogP) is 4.56. The second kappa shape index (κ2) is 5.87. The first-order valence-corrected chi connectivity index (χ1v) is 8.95. The van der Waals surface area contributed by atoms with Gasteiger partial charge in [-0.25, -0.2) is 14.3 Å². The molecule has 0 amide bonds. The van der Waals surface area contributed by atoms with Crippen molar-refractivity contribution in [2.45, 2.75) is 45.6 Å². The molecule has 0 saturated heterocycles. The molecule has 0 saturated carbocycles. The number of nitrogens with zero attached hydrogens (tertiary/aromatic N) is 2. The van der Waals surface area contributed by atoms with Crippen LogP contribution < -0.4 is 5.73 Å². The number of rotatable bonds is 1. The number of hydrogen-bond acceptors (Lipinski definition) is 4. The average molecular weight is 349 g/mol. The number of carbonyl (C=O) groups is 1. The van der Waals surface area contributed by atoms with Crippen molar-refractivity contribution in [3.05, 3.63) is 47.8 Å². The fourth-order valence-electron chi connectivity index (χ4n) is 3.66. The quantitative estimate of drug-likeness (QED) is 0.654. The molecule has 2 aromatic heterocycles. The van der Waals surface area contributed by atoms with Gasteiger partial charge in [0.05, 0.1) is 0 Å². The van der Waals surface area contributed by atoms with Crippen molar-refractivity contribution in [3.63, 3.8) is 0 Å². The van der Waals surface area contributed by atoms with E-state index in [2.05, 4.69) is 17.1 Å². The summed E-state index contributed by atoms with van der Waals surface area (Å²) in [6.07, 6.45) is 6.27. The Morgan fingerprint density at radius 2 is 1.96 bits per heavy atom. The van der Waals surface area contributed by atoms with Gasteiger partial charge in [0.2, 0.25) is 0 Å². The van der Waals surface area contributed by atoms with Crippen molar-refractivity contribution in [2.75, 3.05) is 5.73 Å². The van der Waals surface area contributed by atoms with E-state index in [1.807, 2.05) is 32.9 Å². The molecule has 134 valence electrons. The highest BCUT2D eigenvalue weighted by Crippen LogP contribution is 2.38. The van der Waals surface area contributed by atoms with Crippen molar-refractivity contribution in [1.82, 2.24) is 9.55 Å². The maximum atomic E-state index is 12.5. The number of fused-ring (bicyclic) bond motifs is 2. The number of anilines is 1. The Balaban J connectivity index is 1.83. The zero-order valence-corrected chi connectivity index (χ0v) is 15.4. The Morgan fingerprint density at radius 3 is 2.73 bits per heavy atom. The molecular weight excluding hydrogens is 326 g/mol. The van der Waals surface area contributed by atoms with Gasteiger partial charge in [0.15, 0.2) is 0 Å². The molecule has 2 N–H and O–H groups in total. The molecule has 0 spiro atoms. The molecule has 3 aromatic rings. The van der Waals surface area contributed by atoms with E-state index < -0.39 is 11.7 Å². The van der Waals surface area contributed by atoms with Crippen LogP contribution in [-0.2, 0) is 17.6 Å². The summed E-state index contributed by atoms with van der Waals surface area (Å²) in [5, 5.41) is 0.892. The minimum Gasteiger partial charge on any atom is -0.443 e. The van der Waals surface area contributed by atoms with Gasteiger partial charge in [0.25, 0.3) is 0 Å². The number of nitrogens with two attached hydrogens (primary N) is 1. The molecule has 0 fully saturated rings. The van der Waals surface area contributed by atoms with Gasteiger partial charge in [0, 0.05) is 29.0 Å². The van der Waals surface area contributed by atoms with Crippen LogP contribution in [0.15, 0.2) is 36.7 Å². The maximum Gasteiger partial charge on any atom is 0.420 e. The van der Waals surface area contributed by atoms with Crippen molar-refractivity contribution >= 4 is 22.8 Å². The fraction of sp³-hybridized carbons (Fsp3) is 0.333. The highest BCUT2D eigenvalue weighted by atomic mass is 16.6. The molecule has 2 heterocycles. The van der Waals surface area contributed by atoms with Crippen LogP contribution in [0, 0.1) is 0 Å². The standard InChI is InChI=1S/C21H23N3O2/c1-21(2,3)26-20(25)24-12-10-17-15(9-11-23-19(17)24)16-8-7-13-5-4-6-14(13)18(16)22/h7-12H,4-6,22H2,1-3H3. The Hall–Kier alpha value is -2.82. The number of hydrogen-bond donors (Lipinski definition) is 1. The molecule has 0 radical (unpaired) electrons. The van der Waals surface area contributed by atoms with Crippen molar-refractivity contribution in [1.29, 1.82) is 0 Å². The van der Waals surface area contributed by atoms with Gasteiger partial charge in [0.1, 0.15) is 11.2 Å². The first kappa shape index (κ1) is 16.6. The Bertz CT molecular complexity index is 1010. The fourth-order valence-corrected chi connectivity index (χ4v) is 3.66. The van der Waals surface area contributed by atoms with Gasteiger partial charge in [-0.05, 0) is 68.9 Å². The number of nitrogen functional groups attached to an aromatic ring is 1. The summed E-state index contributed by atoms with van der Waals surface area (Å²) in [6, 6.07) is 8.10. The lowest BCUT2D eigenvalue weighted by Gasteiger charge is -2.19. The molecule has 1 aromatic carbocycles. The van der Waals surface area contributed by atoms with Crippen LogP contribution in [0.2, 0.25) is 0 Å². The summed E-state index contributed by atoms with van der Waals surface area (Å²) in [7, 11) is 0. The first-order valence-electron chi connectivity index (χ1n) is 8.95. The lowest BCUT2D eigenvalue weighted by atomic mass is 9.97. The molecule has 1 aliphatic rings. The molecule has 26 heavy (non-hydrogen) atoms. The number of aromatic nitrogens is 2. The van der Waals surface area contributed by atoms with E-state index in [-0.39, 0.29) is 0 Å². The van der Waals surface area contributed by atoms with Crippen molar-refractivity contribution in [3.8, 4) is 11.1 Å². The Kier molecular flexibility index (Phi) is 3.75. The summed E-state index contributed by atoms with van der Waals surface area (Å²) >= 11 is 0. The third kappa shape index (κ3) is 2.73. The van der Waals surface area contributed by atoms with Gasteiger partial charge in [-0.3, -0.25) is 0 Å². The van der Waals surface area contributed by atoms with E-state index >= 15 is 0 Å². The SMILES string of the molecule is CC(C)(C)OC(=O)n1ccc2c(-c3ccc4c(c3N)CCC4)ccnc21. The zero-order chi connectivity index (χ0) is 18.5. The molecule has 0 bridgehead atoms. The minimum atomic E-state index is -0.560. The summed E-state index contributed by atoms with van der Waals surface area (Å²) < 4.78 is 6.93. The second-order valence-electron chi connectivity index (χ2n) is 7.78. The molecular formula is C21H23N3O2.